The molecule has 0 spiro atoms. The summed E-state index contributed by atoms with van der Waals surface area (Å²) in [7, 11) is 5.05. The zero-order valence-corrected chi connectivity index (χ0v) is 36.7. The summed E-state index contributed by atoms with van der Waals surface area (Å²) in [6.45, 7) is 21.6. The van der Waals surface area contributed by atoms with Crippen molar-refractivity contribution in [3.05, 3.63) is 47.7 Å². The summed E-state index contributed by atoms with van der Waals surface area (Å²) in [5, 5.41) is 15.7. The molecule has 1 aromatic heterocycles. The average molecular weight is 798 g/mol. The molecule has 3 N–H and O–H groups in total. The Kier molecular flexibility index (Phi) is 16.5. The van der Waals surface area contributed by atoms with E-state index in [1.54, 1.807) is 47.7 Å². The zero-order chi connectivity index (χ0) is 43.8. The molecule has 4 unspecified atom stereocenters. The lowest BCUT2D eigenvalue weighted by Gasteiger charge is -2.42. The lowest BCUT2D eigenvalue weighted by Crippen LogP contribution is -2.63. The van der Waals surface area contributed by atoms with Crippen molar-refractivity contribution in [2.45, 2.75) is 138 Å². The number of hydrogen-bond acceptors (Lipinski definition) is 8. The quantitative estimate of drug-likeness (QED) is 0.129. The van der Waals surface area contributed by atoms with Gasteiger partial charge in [-0.1, -0.05) is 72.7 Å². The van der Waals surface area contributed by atoms with Crippen molar-refractivity contribution in [3.8, 4) is 0 Å². The number of aryl methyl sites for hydroxylation is 1. The molecule has 0 aliphatic heterocycles. The lowest BCUT2D eigenvalue weighted by atomic mass is 9.76. The van der Waals surface area contributed by atoms with E-state index >= 15 is 0 Å². The molecule has 4 amide bonds. The van der Waals surface area contributed by atoms with Crippen LogP contribution in [0, 0.1) is 11.3 Å². The van der Waals surface area contributed by atoms with Crippen LogP contribution in [0.15, 0.2) is 42.1 Å². The SMILES string of the molecule is CCOC(=O)C(CCCC(=O)O)NC(=O)/C(C)=C/C(C(C)C)N(C)C(=O)C(NC(=O)C(N(C)C(=O)OC(C)(C)C)C(C)(C)c1cn(C)c2ccccc12)C(C)(C)C. The highest BCUT2D eigenvalue weighted by molar-refractivity contribution is 5.96. The van der Waals surface area contributed by atoms with Gasteiger partial charge in [-0.15, -0.1) is 0 Å². The van der Waals surface area contributed by atoms with E-state index in [1.807, 2.05) is 90.5 Å². The number of carboxylic acids is 1. The van der Waals surface area contributed by atoms with Crippen molar-refractivity contribution in [3.63, 3.8) is 0 Å². The maximum Gasteiger partial charge on any atom is 0.410 e. The van der Waals surface area contributed by atoms with Crippen molar-refractivity contribution in [1.29, 1.82) is 0 Å². The molecule has 1 aromatic carbocycles. The first kappa shape index (κ1) is 48.3. The fraction of sp³-hybridized carbons (Fsp3) is 0.628. The summed E-state index contributed by atoms with van der Waals surface area (Å²) in [5.41, 5.74) is -0.616. The lowest BCUT2D eigenvalue weighted by molar-refractivity contribution is -0.147. The molecule has 2 aromatic rings. The summed E-state index contributed by atoms with van der Waals surface area (Å²) in [4.78, 5) is 83.0. The highest BCUT2D eigenvalue weighted by Crippen LogP contribution is 2.37. The minimum atomic E-state index is -1.13. The number of ether oxygens (including phenoxy) is 2. The first-order valence-electron chi connectivity index (χ1n) is 19.6. The molecule has 1 heterocycles. The summed E-state index contributed by atoms with van der Waals surface area (Å²) in [6.07, 6.45) is 2.95. The number of carboxylic acid groups (broad SMARTS) is 1. The van der Waals surface area contributed by atoms with E-state index in [1.165, 1.54) is 16.8 Å². The molecule has 0 aliphatic rings. The molecule has 14 heteroatoms. The van der Waals surface area contributed by atoms with E-state index in [0.717, 1.165) is 16.5 Å². The molecule has 318 valence electrons. The molecular weight excluding hydrogens is 730 g/mol. The Balaban J connectivity index is 2.55. The minimum absolute atomic E-state index is 0.0739. The molecule has 4 atom stereocenters. The number of fused-ring (bicyclic) bond motifs is 1. The zero-order valence-electron chi connectivity index (χ0n) is 36.7. The number of amides is 4. The average Bonchev–Trinajstić information content (AvgIpc) is 3.43. The molecule has 0 radical (unpaired) electrons. The van der Waals surface area contributed by atoms with Crippen LogP contribution in [0.5, 0.6) is 0 Å². The molecule has 0 saturated heterocycles. The number of carbonyl (C=O) groups is 6. The number of aliphatic carboxylic acids is 1. The van der Waals surface area contributed by atoms with Crippen LogP contribution < -0.4 is 10.6 Å². The van der Waals surface area contributed by atoms with E-state index in [4.69, 9.17) is 14.6 Å². The van der Waals surface area contributed by atoms with Crippen LogP contribution >= 0.6 is 0 Å². The second-order valence-electron chi connectivity index (χ2n) is 17.8. The first-order chi connectivity index (χ1) is 26.1. The highest BCUT2D eigenvalue weighted by Gasteiger charge is 2.47. The Labute approximate surface area is 338 Å². The molecular formula is C43H67N5O9. The Bertz CT molecular complexity index is 1800. The molecule has 57 heavy (non-hydrogen) atoms. The van der Waals surface area contributed by atoms with Crippen LogP contribution in [0.3, 0.4) is 0 Å². The summed E-state index contributed by atoms with van der Waals surface area (Å²) < 4.78 is 12.8. The Morgan fingerprint density at radius 2 is 1.53 bits per heavy atom. The van der Waals surface area contributed by atoms with Crippen LogP contribution in [0.4, 0.5) is 4.79 Å². The van der Waals surface area contributed by atoms with Crippen molar-refractivity contribution < 1.29 is 43.3 Å². The van der Waals surface area contributed by atoms with Crippen LogP contribution in [0.1, 0.15) is 108 Å². The summed E-state index contributed by atoms with van der Waals surface area (Å²) in [5.74, 6) is -3.41. The Morgan fingerprint density at radius 3 is 2.05 bits per heavy atom. The van der Waals surface area contributed by atoms with Crippen LogP contribution in [0.2, 0.25) is 0 Å². The monoisotopic (exact) mass is 797 g/mol. The summed E-state index contributed by atoms with van der Waals surface area (Å²) in [6, 6.07) is 3.94. The van der Waals surface area contributed by atoms with Gasteiger partial charge in [0.2, 0.25) is 17.7 Å². The molecule has 0 fully saturated rings. The van der Waals surface area contributed by atoms with E-state index in [2.05, 4.69) is 10.6 Å². The van der Waals surface area contributed by atoms with Crippen LogP contribution in [-0.4, -0.2) is 106 Å². The number of carbonyl (C=O) groups excluding carboxylic acids is 5. The third-order valence-corrected chi connectivity index (χ3v) is 10.0. The molecule has 0 aliphatic carbocycles. The fourth-order valence-electron chi connectivity index (χ4n) is 6.95. The smallest absolute Gasteiger partial charge is 0.410 e. The van der Waals surface area contributed by atoms with Gasteiger partial charge in [0.25, 0.3) is 0 Å². The predicted molar refractivity (Wildman–Crippen MR) is 220 cm³/mol. The van der Waals surface area contributed by atoms with Gasteiger partial charge in [0.05, 0.1) is 12.6 Å². The second kappa shape index (κ2) is 19.5. The number of esters is 1. The first-order valence-corrected chi connectivity index (χ1v) is 19.6. The van der Waals surface area contributed by atoms with Gasteiger partial charge in [-0.05, 0) is 70.4 Å². The number of para-hydroxylation sites is 1. The van der Waals surface area contributed by atoms with Gasteiger partial charge >= 0.3 is 18.0 Å². The second-order valence-corrected chi connectivity index (χ2v) is 17.8. The maximum atomic E-state index is 14.8. The van der Waals surface area contributed by atoms with Gasteiger partial charge < -0.3 is 34.7 Å². The number of hydrogen-bond donors (Lipinski definition) is 3. The van der Waals surface area contributed by atoms with Gasteiger partial charge in [-0.25, -0.2) is 9.59 Å². The highest BCUT2D eigenvalue weighted by atomic mass is 16.6. The molecule has 0 bridgehead atoms. The third kappa shape index (κ3) is 12.8. The van der Waals surface area contributed by atoms with Crippen LogP contribution in [0.25, 0.3) is 10.9 Å². The van der Waals surface area contributed by atoms with Crippen molar-refractivity contribution in [2.24, 2.45) is 18.4 Å². The van der Waals surface area contributed by atoms with Gasteiger partial charge in [0.1, 0.15) is 23.7 Å². The Hall–Kier alpha value is -4.88. The van der Waals surface area contributed by atoms with Crippen molar-refractivity contribution >= 4 is 46.7 Å². The van der Waals surface area contributed by atoms with E-state index in [-0.39, 0.29) is 37.4 Å². The molecule has 14 nitrogen and oxygen atoms in total. The number of likely N-dealkylation sites (N-methyl/N-ethyl adjacent to an activating group) is 2. The normalized spacial score (nSPS) is 14.6. The minimum Gasteiger partial charge on any atom is -0.481 e. The van der Waals surface area contributed by atoms with Gasteiger partial charge in [-0.3, -0.25) is 24.1 Å². The van der Waals surface area contributed by atoms with Crippen molar-refractivity contribution in [1.82, 2.24) is 25.0 Å². The standard InChI is InChI=1S/C43H67N5O9/c1-16-56-39(54)30(21-19-23-33(49)50)44-36(51)27(4)24-32(26(2)3)47(14)38(53)34(41(5,6)7)45-37(52)35(48(15)40(55)57-42(8,9)10)43(11,12)29-25-46(13)31-22-18-17-20-28(29)31/h17-18,20,22,24-26,30,32,34-35H,16,19,21,23H2,1-15H3,(H,44,51)(H,45,52)(H,49,50)/b27-24+. The van der Waals surface area contributed by atoms with Gasteiger partial charge in [-0.2, -0.15) is 0 Å². The molecule has 0 saturated carbocycles. The molecule has 2 rings (SSSR count). The maximum absolute atomic E-state index is 14.8. The fourth-order valence-corrected chi connectivity index (χ4v) is 6.95. The van der Waals surface area contributed by atoms with E-state index in [9.17, 15) is 28.8 Å². The predicted octanol–water partition coefficient (Wildman–Crippen LogP) is 5.95. The number of benzene rings is 1. The third-order valence-electron chi connectivity index (χ3n) is 10.0. The van der Waals surface area contributed by atoms with Crippen molar-refractivity contribution in [2.75, 3.05) is 20.7 Å². The Morgan fingerprint density at radius 1 is 0.930 bits per heavy atom. The largest absolute Gasteiger partial charge is 0.481 e. The van der Waals surface area contributed by atoms with Gasteiger partial charge in [0.15, 0.2) is 0 Å². The van der Waals surface area contributed by atoms with Gasteiger partial charge in [0, 0.05) is 55.7 Å². The summed E-state index contributed by atoms with van der Waals surface area (Å²) >= 11 is 0. The number of aromatic nitrogens is 1. The topological polar surface area (TPSA) is 177 Å². The number of nitrogens with one attached hydrogen (secondary N) is 2. The number of nitrogens with zero attached hydrogens (tertiary/aromatic N) is 3. The van der Waals surface area contributed by atoms with Crippen LogP contribution in [-0.2, 0) is 45.9 Å². The number of rotatable bonds is 17. The van der Waals surface area contributed by atoms with E-state index < -0.39 is 76.4 Å². The van der Waals surface area contributed by atoms with E-state index in [0.29, 0.717) is 0 Å².